The Bertz CT molecular complexity index is 1090. The summed E-state index contributed by atoms with van der Waals surface area (Å²) in [7, 11) is 0. The third-order valence-electron chi connectivity index (χ3n) is 4.77. The number of benzene rings is 2. The maximum absolute atomic E-state index is 13.0. The molecule has 6 nitrogen and oxygen atoms in total. The molecule has 0 aliphatic heterocycles. The second-order valence-corrected chi connectivity index (χ2v) is 8.67. The number of hydrogen-bond acceptors (Lipinski definition) is 5. The largest absolute Gasteiger partial charge is 0.340 e. The van der Waals surface area contributed by atoms with Crippen LogP contribution in [0.15, 0.2) is 54.6 Å². The number of nitrogens with one attached hydrogen (secondary N) is 2. The molecule has 0 spiro atoms. The van der Waals surface area contributed by atoms with Crippen LogP contribution in [0.2, 0.25) is 0 Å². The number of aryl methyl sites for hydroxylation is 1. The monoisotopic (exact) mass is 435 g/mol. The van der Waals surface area contributed by atoms with Gasteiger partial charge in [0.15, 0.2) is 10.9 Å². The summed E-state index contributed by atoms with van der Waals surface area (Å²) < 4.78 is 0. The Morgan fingerprint density at radius 3 is 2.19 bits per heavy atom. The molecule has 0 fully saturated rings. The molecule has 0 aliphatic carbocycles. The van der Waals surface area contributed by atoms with Gasteiger partial charge in [0.1, 0.15) is 6.04 Å². The average molecular weight is 436 g/mol. The Labute approximate surface area is 185 Å². The SMILES string of the molecule is CC(=O)c1sc(NC(=O)C(NC(=O)c2ccc(C)cc2)C(C)C)nc1-c1ccccc1. The zero-order chi connectivity index (χ0) is 22.5. The summed E-state index contributed by atoms with van der Waals surface area (Å²) in [5.74, 6) is -0.957. The minimum Gasteiger partial charge on any atom is -0.340 e. The summed E-state index contributed by atoms with van der Waals surface area (Å²) in [6, 6.07) is 15.8. The van der Waals surface area contributed by atoms with Gasteiger partial charge in [-0.1, -0.05) is 73.2 Å². The van der Waals surface area contributed by atoms with Crippen molar-refractivity contribution >= 4 is 34.1 Å². The third kappa shape index (κ3) is 5.44. The van der Waals surface area contributed by atoms with Gasteiger partial charge in [0.25, 0.3) is 5.91 Å². The highest BCUT2D eigenvalue weighted by Crippen LogP contribution is 2.31. The van der Waals surface area contributed by atoms with Gasteiger partial charge in [0.05, 0.1) is 10.6 Å². The zero-order valence-corrected chi connectivity index (χ0v) is 18.7. The van der Waals surface area contributed by atoms with Gasteiger partial charge in [-0.25, -0.2) is 4.98 Å². The quantitative estimate of drug-likeness (QED) is 0.526. The topological polar surface area (TPSA) is 88.2 Å². The molecule has 0 aliphatic rings. The van der Waals surface area contributed by atoms with E-state index in [0.717, 1.165) is 22.5 Å². The van der Waals surface area contributed by atoms with Crippen molar-refractivity contribution in [1.29, 1.82) is 0 Å². The highest BCUT2D eigenvalue weighted by atomic mass is 32.1. The summed E-state index contributed by atoms with van der Waals surface area (Å²) in [5.41, 5.74) is 2.88. The number of carbonyl (C=O) groups excluding carboxylic acids is 3. The van der Waals surface area contributed by atoms with Crippen molar-refractivity contribution in [3.63, 3.8) is 0 Å². The lowest BCUT2D eigenvalue weighted by atomic mass is 10.0. The number of amides is 2. The van der Waals surface area contributed by atoms with Crippen molar-refractivity contribution in [2.45, 2.75) is 33.7 Å². The van der Waals surface area contributed by atoms with E-state index in [2.05, 4.69) is 15.6 Å². The number of rotatable bonds is 7. The average Bonchev–Trinajstić information content (AvgIpc) is 3.16. The van der Waals surface area contributed by atoms with Gasteiger partial charge in [-0.05, 0) is 25.0 Å². The van der Waals surface area contributed by atoms with Gasteiger partial charge < -0.3 is 10.6 Å². The Hall–Kier alpha value is -3.32. The maximum Gasteiger partial charge on any atom is 0.251 e. The Morgan fingerprint density at radius 2 is 1.61 bits per heavy atom. The van der Waals surface area contributed by atoms with Gasteiger partial charge in [0, 0.05) is 18.1 Å². The predicted molar refractivity (Wildman–Crippen MR) is 123 cm³/mol. The summed E-state index contributed by atoms with van der Waals surface area (Å²) in [5, 5.41) is 5.91. The fraction of sp³-hybridized carbons (Fsp3) is 0.250. The van der Waals surface area contributed by atoms with Crippen LogP contribution in [-0.2, 0) is 4.79 Å². The van der Waals surface area contributed by atoms with Crippen molar-refractivity contribution in [3.05, 3.63) is 70.6 Å². The molecule has 31 heavy (non-hydrogen) atoms. The van der Waals surface area contributed by atoms with Crippen molar-refractivity contribution in [1.82, 2.24) is 10.3 Å². The third-order valence-corrected chi connectivity index (χ3v) is 5.85. The van der Waals surface area contributed by atoms with Crippen LogP contribution in [0.5, 0.6) is 0 Å². The summed E-state index contributed by atoms with van der Waals surface area (Å²) in [6.45, 7) is 7.14. The lowest BCUT2D eigenvalue weighted by Gasteiger charge is -2.21. The van der Waals surface area contributed by atoms with E-state index in [4.69, 9.17) is 0 Å². The smallest absolute Gasteiger partial charge is 0.251 e. The molecular formula is C24H25N3O3S. The van der Waals surface area contributed by atoms with E-state index in [1.165, 1.54) is 6.92 Å². The fourth-order valence-corrected chi connectivity index (χ4v) is 3.94. The lowest BCUT2D eigenvalue weighted by Crippen LogP contribution is -2.47. The molecule has 3 rings (SSSR count). The first-order valence-corrected chi connectivity index (χ1v) is 10.8. The van der Waals surface area contributed by atoms with Gasteiger partial charge in [-0.15, -0.1) is 0 Å². The number of carbonyl (C=O) groups is 3. The highest BCUT2D eigenvalue weighted by Gasteiger charge is 2.26. The van der Waals surface area contributed by atoms with Gasteiger partial charge in [-0.2, -0.15) is 0 Å². The van der Waals surface area contributed by atoms with Gasteiger partial charge in [0.2, 0.25) is 5.91 Å². The van der Waals surface area contributed by atoms with Crippen molar-refractivity contribution in [2.75, 3.05) is 5.32 Å². The number of ketones is 1. The number of anilines is 1. The first kappa shape index (κ1) is 22.4. The van der Waals surface area contributed by atoms with Crippen molar-refractivity contribution in [3.8, 4) is 11.3 Å². The zero-order valence-electron chi connectivity index (χ0n) is 17.9. The van der Waals surface area contributed by atoms with Crippen LogP contribution in [0.25, 0.3) is 11.3 Å². The number of Topliss-reactive ketones (excluding diaryl/α,β-unsaturated/α-hetero) is 1. The van der Waals surface area contributed by atoms with Crippen molar-refractivity contribution < 1.29 is 14.4 Å². The number of nitrogens with zero attached hydrogens (tertiary/aromatic N) is 1. The van der Waals surface area contributed by atoms with E-state index < -0.39 is 6.04 Å². The molecule has 7 heteroatoms. The fourth-order valence-electron chi connectivity index (χ4n) is 3.05. The van der Waals surface area contributed by atoms with Crippen LogP contribution >= 0.6 is 11.3 Å². The minimum absolute atomic E-state index is 0.120. The predicted octanol–water partition coefficient (Wildman–Crippen LogP) is 4.71. The molecule has 1 atom stereocenters. The van der Waals surface area contributed by atoms with Crippen LogP contribution < -0.4 is 10.6 Å². The van der Waals surface area contributed by atoms with E-state index in [0.29, 0.717) is 21.3 Å². The molecule has 2 amide bonds. The molecule has 1 unspecified atom stereocenters. The van der Waals surface area contributed by atoms with Gasteiger partial charge in [-0.3, -0.25) is 14.4 Å². The Kier molecular flexibility index (Phi) is 6.97. The van der Waals surface area contributed by atoms with Gasteiger partial charge >= 0.3 is 0 Å². The molecule has 2 N–H and O–H groups in total. The lowest BCUT2D eigenvalue weighted by molar-refractivity contribution is -0.118. The van der Waals surface area contributed by atoms with E-state index in [1.807, 2.05) is 63.2 Å². The van der Waals surface area contributed by atoms with E-state index in [1.54, 1.807) is 12.1 Å². The summed E-state index contributed by atoms with van der Waals surface area (Å²) in [6.07, 6.45) is 0. The summed E-state index contributed by atoms with van der Waals surface area (Å²) in [4.78, 5) is 42.6. The van der Waals surface area contributed by atoms with E-state index in [-0.39, 0.29) is 23.5 Å². The standard InChI is InChI=1S/C24H25N3O3S/c1-14(2)19(25-22(29)18-12-10-15(3)11-13-18)23(30)27-24-26-20(21(31-24)16(4)28)17-8-6-5-7-9-17/h5-14,19H,1-4H3,(H,25,29)(H,26,27,30). The molecular weight excluding hydrogens is 410 g/mol. The molecule has 0 bridgehead atoms. The van der Waals surface area contributed by atoms with Crippen LogP contribution in [0.3, 0.4) is 0 Å². The Morgan fingerprint density at radius 1 is 0.968 bits per heavy atom. The molecule has 1 heterocycles. The number of hydrogen-bond donors (Lipinski definition) is 2. The maximum atomic E-state index is 13.0. The van der Waals surface area contributed by atoms with Crippen LogP contribution in [-0.4, -0.2) is 28.6 Å². The second-order valence-electron chi connectivity index (χ2n) is 7.67. The number of thiazole rings is 1. The first-order valence-electron chi connectivity index (χ1n) is 10.0. The first-order chi connectivity index (χ1) is 14.8. The molecule has 160 valence electrons. The molecule has 1 aromatic heterocycles. The minimum atomic E-state index is -0.751. The molecule has 2 aromatic carbocycles. The van der Waals surface area contributed by atoms with E-state index in [9.17, 15) is 14.4 Å². The second kappa shape index (κ2) is 9.66. The molecule has 0 radical (unpaired) electrons. The Balaban J connectivity index is 1.80. The molecule has 3 aromatic rings. The van der Waals surface area contributed by atoms with E-state index >= 15 is 0 Å². The molecule has 0 saturated heterocycles. The highest BCUT2D eigenvalue weighted by molar-refractivity contribution is 7.18. The van der Waals surface area contributed by atoms with Crippen molar-refractivity contribution in [2.24, 2.45) is 5.92 Å². The normalized spacial score (nSPS) is 11.8. The molecule has 0 saturated carbocycles. The number of aromatic nitrogens is 1. The summed E-state index contributed by atoms with van der Waals surface area (Å²) >= 11 is 1.13. The van der Waals surface area contributed by atoms with Crippen LogP contribution in [0.1, 0.15) is 46.4 Å². The van der Waals surface area contributed by atoms with Crippen LogP contribution in [0.4, 0.5) is 5.13 Å². The van der Waals surface area contributed by atoms with Crippen LogP contribution in [0, 0.1) is 12.8 Å².